The van der Waals surface area contributed by atoms with Crippen molar-refractivity contribution in [3.63, 3.8) is 0 Å². The van der Waals surface area contributed by atoms with Crippen LogP contribution in [0.25, 0.3) is 0 Å². The first-order valence-electron chi connectivity index (χ1n) is 6.09. The molecule has 6 heteroatoms. The van der Waals surface area contributed by atoms with Crippen LogP contribution in [0.5, 0.6) is 0 Å². The average Bonchev–Trinajstić information content (AvgIpc) is 2.37. The fourth-order valence-electron chi connectivity index (χ4n) is 1.64. The Morgan fingerprint density at radius 2 is 1.95 bits per heavy atom. The Morgan fingerprint density at radius 1 is 1.21 bits per heavy atom. The van der Waals surface area contributed by atoms with Crippen molar-refractivity contribution >= 4 is 0 Å². The van der Waals surface area contributed by atoms with Crippen molar-refractivity contribution < 1.29 is 22.3 Å². The van der Waals surface area contributed by atoms with E-state index in [-0.39, 0.29) is 12.2 Å². The maximum Gasteiger partial charge on any atom is 0.261 e. The van der Waals surface area contributed by atoms with E-state index in [1.54, 1.807) is 0 Å². The highest BCUT2D eigenvalue weighted by Crippen LogP contribution is 2.20. The van der Waals surface area contributed by atoms with Gasteiger partial charge in [-0.05, 0) is 19.0 Å². The summed E-state index contributed by atoms with van der Waals surface area (Å²) in [7, 11) is 0. The molecule has 1 rings (SSSR count). The number of nitrogens with one attached hydrogen (secondary N) is 1. The lowest BCUT2D eigenvalue weighted by Crippen LogP contribution is -2.28. The third-order valence-electron chi connectivity index (χ3n) is 2.53. The number of hydrogen-bond acceptors (Lipinski definition) is 2. The molecule has 1 atom stereocenters. The molecule has 0 radical (unpaired) electrons. The Balaban J connectivity index is 2.74. The lowest BCUT2D eigenvalue weighted by molar-refractivity contribution is 0.00887. The Hall–Kier alpha value is -1.14. The molecule has 0 aliphatic carbocycles. The third-order valence-corrected chi connectivity index (χ3v) is 2.53. The number of ether oxygens (including phenoxy) is 1. The molecule has 1 unspecified atom stereocenters. The summed E-state index contributed by atoms with van der Waals surface area (Å²) >= 11 is 0. The van der Waals surface area contributed by atoms with Crippen LogP contribution in [0.15, 0.2) is 18.2 Å². The molecule has 0 saturated heterocycles. The van der Waals surface area contributed by atoms with E-state index in [9.17, 15) is 17.6 Å². The zero-order valence-corrected chi connectivity index (χ0v) is 10.6. The normalized spacial score (nSPS) is 12.9. The van der Waals surface area contributed by atoms with Crippen molar-refractivity contribution in [2.75, 3.05) is 19.8 Å². The molecule has 0 fully saturated rings. The summed E-state index contributed by atoms with van der Waals surface area (Å²) in [6.45, 7) is 1.61. The van der Waals surface area contributed by atoms with Gasteiger partial charge in [-0.3, -0.25) is 0 Å². The molecule has 0 bridgehead atoms. The minimum absolute atomic E-state index is 0.0858. The highest BCUT2D eigenvalue weighted by Gasteiger charge is 2.18. The molecule has 0 heterocycles. The quantitative estimate of drug-likeness (QED) is 0.737. The number of hydrogen-bond donors (Lipinski definition) is 1. The lowest BCUT2D eigenvalue weighted by Gasteiger charge is -2.19. The van der Waals surface area contributed by atoms with E-state index >= 15 is 0 Å². The SMILES string of the molecule is CCCNC(COCC(F)F)c1cccc(F)c1F. The first-order valence-corrected chi connectivity index (χ1v) is 6.09. The first kappa shape index (κ1) is 15.9. The van der Waals surface area contributed by atoms with E-state index in [2.05, 4.69) is 5.32 Å². The highest BCUT2D eigenvalue weighted by atomic mass is 19.3. The minimum atomic E-state index is -2.58. The van der Waals surface area contributed by atoms with Gasteiger partial charge in [0, 0.05) is 5.56 Å². The van der Waals surface area contributed by atoms with E-state index < -0.39 is 30.7 Å². The molecule has 1 N–H and O–H groups in total. The number of alkyl halides is 2. The maximum absolute atomic E-state index is 13.6. The largest absolute Gasteiger partial charge is 0.374 e. The molecular formula is C13H17F4NO. The summed E-state index contributed by atoms with van der Waals surface area (Å²) in [5.74, 6) is -1.94. The lowest BCUT2D eigenvalue weighted by atomic mass is 10.1. The second-order valence-corrected chi connectivity index (χ2v) is 4.08. The second kappa shape index (κ2) is 8.12. The molecule has 2 nitrogen and oxygen atoms in total. The maximum atomic E-state index is 13.6. The average molecular weight is 279 g/mol. The number of rotatable bonds is 8. The van der Waals surface area contributed by atoms with E-state index in [0.29, 0.717) is 6.54 Å². The molecule has 1 aromatic carbocycles. The summed E-state index contributed by atoms with van der Waals surface area (Å²) in [6, 6.07) is 3.16. The van der Waals surface area contributed by atoms with Crippen LogP contribution in [-0.2, 0) is 4.74 Å². The fraction of sp³-hybridized carbons (Fsp3) is 0.538. The topological polar surface area (TPSA) is 21.3 Å². The van der Waals surface area contributed by atoms with Gasteiger partial charge in [0.15, 0.2) is 11.6 Å². The Kier molecular flexibility index (Phi) is 6.80. The van der Waals surface area contributed by atoms with Crippen molar-refractivity contribution in [3.05, 3.63) is 35.4 Å². The summed E-state index contributed by atoms with van der Waals surface area (Å²) in [4.78, 5) is 0. The standard InChI is InChI=1S/C13H17F4NO/c1-2-6-18-11(7-19-8-12(15)16)9-4-3-5-10(14)13(9)17/h3-5,11-12,18H,2,6-8H2,1H3. The van der Waals surface area contributed by atoms with Crippen molar-refractivity contribution in [3.8, 4) is 0 Å². The van der Waals surface area contributed by atoms with Crippen LogP contribution < -0.4 is 5.32 Å². The van der Waals surface area contributed by atoms with E-state index in [0.717, 1.165) is 12.5 Å². The van der Waals surface area contributed by atoms with Crippen molar-refractivity contribution in [1.29, 1.82) is 0 Å². The van der Waals surface area contributed by atoms with Crippen LogP contribution in [0.4, 0.5) is 17.6 Å². The molecule has 108 valence electrons. The van der Waals surface area contributed by atoms with Gasteiger partial charge >= 0.3 is 0 Å². The van der Waals surface area contributed by atoms with E-state index in [1.807, 2.05) is 6.92 Å². The second-order valence-electron chi connectivity index (χ2n) is 4.08. The highest BCUT2D eigenvalue weighted by molar-refractivity contribution is 5.22. The van der Waals surface area contributed by atoms with Gasteiger partial charge in [-0.2, -0.15) is 0 Å². The molecule has 0 spiro atoms. The zero-order valence-electron chi connectivity index (χ0n) is 10.6. The fourth-order valence-corrected chi connectivity index (χ4v) is 1.64. The van der Waals surface area contributed by atoms with Gasteiger partial charge in [-0.15, -0.1) is 0 Å². The van der Waals surface area contributed by atoms with Crippen LogP contribution in [0.2, 0.25) is 0 Å². The van der Waals surface area contributed by atoms with Gasteiger partial charge in [0.2, 0.25) is 0 Å². The zero-order chi connectivity index (χ0) is 14.3. The Morgan fingerprint density at radius 3 is 2.58 bits per heavy atom. The Bertz CT molecular complexity index is 387. The molecule has 0 amide bonds. The van der Waals surface area contributed by atoms with E-state index in [4.69, 9.17) is 4.74 Å². The minimum Gasteiger partial charge on any atom is -0.374 e. The predicted octanol–water partition coefficient (Wildman–Crippen LogP) is 3.29. The third kappa shape index (κ3) is 5.16. The van der Waals surface area contributed by atoms with Crippen LogP contribution in [0, 0.1) is 11.6 Å². The van der Waals surface area contributed by atoms with E-state index in [1.165, 1.54) is 12.1 Å². The van der Waals surface area contributed by atoms with Crippen molar-refractivity contribution in [2.24, 2.45) is 0 Å². The van der Waals surface area contributed by atoms with Gasteiger partial charge in [0.05, 0.1) is 12.6 Å². The van der Waals surface area contributed by atoms with Gasteiger partial charge in [-0.1, -0.05) is 19.1 Å². The van der Waals surface area contributed by atoms with Crippen LogP contribution in [0.1, 0.15) is 24.9 Å². The molecule has 19 heavy (non-hydrogen) atoms. The molecule has 0 aromatic heterocycles. The molecule has 0 saturated carbocycles. The molecule has 1 aromatic rings. The van der Waals surface area contributed by atoms with Crippen molar-refractivity contribution in [2.45, 2.75) is 25.8 Å². The predicted molar refractivity (Wildman–Crippen MR) is 64.2 cm³/mol. The molecular weight excluding hydrogens is 262 g/mol. The van der Waals surface area contributed by atoms with Crippen LogP contribution in [0.3, 0.4) is 0 Å². The van der Waals surface area contributed by atoms with Crippen LogP contribution in [-0.4, -0.2) is 26.2 Å². The molecule has 0 aliphatic rings. The summed E-state index contributed by atoms with van der Waals surface area (Å²) in [6.07, 6.45) is -1.80. The molecule has 0 aliphatic heterocycles. The Labute approximate surface area is 109 Å². The van der Waals surface area contributed by atoms with Gasteiger partial charge in [0.1, 0.15) is 6.61 Å². The summed E-state index contributed by atoms with van der Waals surface area (Å²) in [5, 5.41) is 2.95. The monoisotopic (exact) mass is 279 g/mol. The summed E-state index contributed by atoms with van der Waals surface area (Å²) < 4.78 is 55.6. The number of halogens is 4. The van der Waals surface area contributed by atoms with Gasteiger partial charge < -0.3 is 10.1 Å². The van der Waals surface area contributed by atoms with Crippen molar-refractivity contribution in [1.82, 2.24) is 5.32 Å². The van der Waals surface area contributed by atoms with Gasteiger partial charge in [0.25, 0.3) is 6.43 Å². The summed E-state index contributed by atoms with van der Waals surface area (Å²) in [5.41, 5.74) is 0.0858. The van der Waals surface area contributed by atoms with Gasteiger partial charge in [-0.25, -0.2) is 17.6 Å². The smallest absolute Gasteiger partial charge is 0.261 e. The first-order chi connectivity index (χ1) is 9.06. The van der Waals surface area contributed by atoms with Crippen LogP contribution >= 0.6 is 0 Å². The number of benzene rings is 1.